The zero-order chi connectivity index (χ0) is 19.2. The molecule has 1 amide bonds. The van der Waals surface area contributed by atoms with Crippen LogP contribution in [0.5, 0.6) is 0 Å². The molecule has 1 fully saturated rings. The van der Waals surface area contributed by atoms with Crippen molar-refractivity contribution in [1.82, 2.24) is 5.32 Å². The van der Waals surface area contributed by atoms with Gasteiger partial charge in [0.2, 0.25) is 0 Å². The molecule has 2 aliphatic rings. The highest BCUT2D eigenvalue weighted by atomic mass is 32.2. The summed E-state index contributed by atoms with van der Waals surface area (Å²) in [5.74, 6) is 0.271. The number of nitrogens with zero attached hydrogens (tertiary/aromatic N) is 1. The third-order valence-corrected chi connectivity index (χ3v) is 6.21. The lowest BCUT2D eigenvalue weighted by Gasteiger charge is -2.44. The van der Waals surface area contributed by atoms with E-state index in [9.17, 15) is 14.3 Å². The third-order valence-electron chi connectivity index (χ3n) is 4.96. The van der Waals surface area contributed by atoms with Gasteiger partial charge in [0.1, 0.15) is 11.4 Å². The van der Waals surface area contributed by atoms with Crippen LogP contribution in [0.25, 0.3) is 0 Å². The molecule has 1 aromatic carbocycles. The lowest BCUT2D eigenvalue weighted by Crippen LogP contribution is -2.47. The van der Waals surface area contributed by atoms with Gasteiger partial charge in [0.25, 0.3) is 0 Å². The van der Waals surface area contributed by atoms with Gasteiger partial charge in [-0.1, -0.05) is 36.9 Å². The van der Waals surface area contributed by atoms with Crippen LogP contribution in [0.3, 0.4) is 0 Å². The first kappa shape index (κ1) is 19.2. The number of amidine groups is 1. The van der Waals surface area contributed by atoms with Crippen LogP contribution in [-0.4, -0.2) is 33.8 Å². The fraction of sp³-hybridized carbons (Fsp3) is 0.579. The summed E-state index contributed by atoms with van der Waals surface area (Å²) < 4.78 is 19.9. The van der Waals surface area contributed by atoms with Crippen molar-refractivity contribution in [3.63, 3.8) is 0 Å². The minimum atomic E-state index is -0.909. The second-order valence-corrected chi connectivity index (χ2v) is 9.26. The molecule has 26 heavy (non-hydrogen) atoms. The summed E-state index contributed by atoms with van der Waals surface area (Å²) in [4.78, 5) is 16.9. The van der Waals surface area contributed by atoms with Crippen molar-refractivity contribution in [3.05, 3.63) is 35.6 Å². The van der Waals surface area contributed by atoms with Gasteiger partial charge in [-0.15, -0.1) is 0 Å². The first-order chi connectivity index (χ1) is 12.0. The van der Waals surface area contributed by atoms with Gasteiger partial charge >= 0.3 is 6.09 Å². The molecule has 5 nitrogen and oxygen atoms in total. The van der Waals surface area contributed by atoms with Crippen LogP contribution >= 0.6 is 11.8 Å². The normalized spacial score (nSPS) is 31.2. The zero-order valence-corrected chi connectivity index (χ0v) is 16.3. The lowest BCUT2D eigenvalue weighted by molar-refractivity contribution is 0.0563. The van der Waals surface area contributed by atoms with Gasteiger partial charge in [0, 0.05) is 23.2 Å². The highest BCUT2D eigenvalue weighted by molar-refractivity contribution is 8.13. The summed E-state index contributed by atoms with van der Waals surface area (Å²) in [6.07, 6.45) is -0.290. The van der Waals surface area contributed by atoms with Crippen LogP contribution in [-0.2, 0) is 10.3 Å². The van der Waals surface area contributed by atoms with Crippen molar-refractivity contribution in [2.24, 2.45) is 10.4 Å². The number of hydrogen-bond acceptors (Lipinski definition) is 5. The average molecular weight is 380 g/mol. The van der Waals surface area contributed by atoms with E-state index in [4.69, 9.17) is 9.73 Å². The molecule has 0 radical (unpaired) electrons. The quantitative estimate of drug-likeness (QED) is 0.777. The van der Waals surface area contributed by atoms with Gasteiger partial charge in [-0.25, -0.2) is 14.2 Å². The number of aliphatic hydroxyl groups is 1. The number of alkyl carbamates (subject to hydrolysis) is 1. The minimum Gasteiger partial charge on any atom is -0.444 e. The Bertz CT molecular complexity index is 749. The third kappa shape index (κ3) is 3.47. The first-order valence-electron chi connectivity index (χ1n) is 8.70. The van der Waals surface area contributed by atoms with Crippen LogP contribution in [0.4, 0.5) is 9.18 Å². The largest absolute Gasteiger partial charge is 0.444 e. The molecule has 3 atom stereocenters. The molecule has 1 aliphatic heterocycles. The topological polar surface area (TPSA) is 70.9 Å². The molecule has 2 unspecified atom stereocenters. The second-order valence-electron chi connectivity index (χ2n) is 8.30. The molecular formula is C19H25FN2O3S. The van der Waals surface area contributed by atoms with Gasteiger partial charge < -0.3 is 9.84 Å². The number of halogens is 1. The van der Waals surface area contributed by atoms with E-state index < -0.39 is 28.8 Å². The standard InChI is InChI=1S/C19H25FN2O3S/c1-17(2,3)25-16(24)21-15-22-19(13-7-5-6-8-14(13)20)10-12(23)9-18(19,4)11-26-15/h5-8,12,23H,9-11H2,1-4H3,(H,21,22,24)/t12?,18?,19-/m1/s1. The van der Waals surface area contributed by atoms with Crippen molar-refractivity contribution < 1.29 is 19.0 Å². The van der Waals surface area contributed by atoms with E-state index in [2.05, 4.69) is 5.32 Å². The summed E-state index contributed by atoms with van der Waals surface area (Å²) in [6.45, 7) is 7.38. The number of benzene rings is 1. The Labute approximate surface area is 157 Å². The Kier molecular flexibility index (Phi) is 4.82. The fourth-order valence-corrected chi connectivity index (χ4v) is 5.08. The van der Waals surface area contributed by atoms with E-state index in [-0.39, 0.29) is 5.82 Å². The summed E-state index contributed by atoms with van der Waals surface area (Å²) in [5, 5.41) is 13.4. The highest BCUT2D eigenvalue weighted by Gasteiger charge is 2.59. The molecule has 1 heterocycles. The number of carbonyl (C=O) groups excluding carboxylic acids is 1. The molecule has 0 aromatic heterocycles. The molecule has 0 bridgehead atoms. The van der Waals surface area contributed by atoms with E-state index in [1.807, 2.05) is 6.92 Å². The van der Waals surface area contributed by atoms with Gasteiger partial charge in [-0.3, -0.25) is 5.32 Å². The molecule has 142 valence electrons. The Morgan fingerprint density at radius 1 is 1.38 bits per heavy atom. The van der Waals surface area contributed by atoms with Crippen molar-refractivity contribution >= 4 is 23.0 Å². The van der Waals surface area contributed by atoms with Crippen LogP contribution in [0.2, 0.25) is 0 Å². The smallest absolute Gasteiger partial charge is 0.413 e. The average Bonchev–Trinajstić information content (AvgIpc) is 2.76. The number of rotatable bonds is 1. The SMILES string of the molecule is CC(C)(C)OC(=O)NC1=N[C@@]2(c3ccccc3F)CC(O)CC2(C)CS1. The molecular weight excluding hydrogens is 355 g/mol. The second kappa shape index (κ2) is 6.53. The predicted molar refractivity (Wildman–Crippen MR) is 101 cm³/mol. The lowest BCUT2D eigenvalue weighted by atomic mass is 9.70. The number of ether oxygens (including phenoxy) is 1. The fourth-order valence-electron chi connectivity index (χ4n) is 3.89. The summed E-state index contributed by atoms with van der Waals surface area (Å²) in [6, 6.07) is 6.54. The number of nitrogens with one attached hydrogen (secondary N) is 1. The Balaban J connectivity index is 1.99. The number of amides is 1. The molecule has 1 aliphatic carbocycles. The van der Waals surface area contributed by atoms with Gasteiger partial charge in [-0.05, 0) is 33.3 Å². The summed E-state index contributed by atoms with van der Waals surface area (Å²) in [5.41, 5.74) is -1.47. The number of thioether (sulfide) groups is 1. The van der Waals surface area contributed by atoms with Crippen molar-refractivity contribution in [1.29, 1.82) is 0 Å². The highest BCUT2D eigenvalue weighted by Crippen LogP contribution is 2.59. The van der Waals surface area contributed by atoms with E-state index >= 15 is 0 Å². The van der Waals surface area contributed by atoms with Gasteiger partial charge in [-0.2, -0.15) is 0 Å². The number of hydrogen-bond donors (Lipinski definition) is 2. The summed E-state index contributed by atoms with van der Waals surface area (Å²) >= 11 is 1.40. The maximum Gasteiger partial charge on any atom is 0.413 e. The van der Waals surface area contributed by atoms with Crippen LogP contribution < -0.4 is 5.32 Å². The molecule has 0 spiro atoms. The van der Waals surface area contributed by atoms with Crippen LogP contribution in [0.1, 0.15) is 46.1 Å². The van der Waals surface area contributed by atoms with E-state index in [1.54, 1.807) is 39.0 Å². The number of aliphatic hydroxyl groups excluding tert-OH is 1. The van der Waals surface area contributed by atoms with Crippen molar-refractivity contribution in [2.75, 3.05) is 5.75 Å². The Hall–Kier alpha value is -1.60. The van der Waals surface area contributed by atoms with Crippen molar-refractivity contribution in [2.45, 2.75) is 57.8 Å². The number of carbonyl (C=O) groups is 1. The van der Waals surface area contributed by atoms with Crippen LogP contribution in [0.15, 0.2) is 29.3 Å². The molecule has 1 saturated carbocycles. The van der Waals surface area contributed by atoms with E-state index in [0.717, 1.165) is 0 Å². The van der Waals surface area contributed by atoms with Crippen molar-refractivity contribution in [3.8, 4) is 0 Å². The van der Waals surface area contributed by atoms with E-state index in [0.29, 0.717) is 29.3 Å². The Morgan fingerprint density at radius 3 is 2.73 bits per heavy atom. The van der Waals surface area contributed by atoms with Crippen LogP contribution in [0, 0.1) is 11.2 Å². The molecule has 1 aromatic rings. The van der Waals surface area contributed by atoms with E-state index in [1.165, 1.54) is 17.8 Å². The zero-order valence-electron chi connectivity index (χ0n) is 15.5. The first-order valence-corrected chi connectivity index (χ1v) is 9.69. The summed E-state index contributed by atoms with van der Waals surface area (Å²) in [7, 11) is 0. The maximum absolute atomic E-state index is 14.6. The van der Waals surface area contributed by atoms with Gasteiger partial charge in [0.15, 0.2) is 5.17 Å². The molecule has 0 saturated heterocycles. The van der Waals surface area contributed by atoms with Gasteiger partial charge in [0.05, 0.1) is 11.6 Å². The molecule has 2 N–H and O–H groups in total. The molecule has 7 heteroatoms. The predicted octanol–water partition coefficient (Wildman–Crippen LogP) is 3.81. The Morgan fingerprint density at radius 2 is 2.08 bits per heavy atom. The minimum absolute atomic E-state index is 0.324. The monoisotopic (exact) mass is 380 g/mol. The maximum atomic E-state index is 14.6. The number of aliphatic imine (C=N–C) groups is 1. The number of fused-ring (bicyclic) bond motifs is 1. The molecule has 3 rings (SSSR count).